The summed E-state index contributed by atoms with van der Waals surface area (Å²) in [5, 5.41) is 2.94. The summed E-state index contributed by atoms with van der Waals surface area (Å²) in [5.41, 5.74) is 3.05. The van der Waals surface area contributed by atoms with E-state index in [1.165, 1.54) is 6.42 Å². The molecule has 22 heavy (non-hydrogen) atoms. The Kier molecular flexibility index (Phi) is 5.58. The van der Waals surface area contributed by atoms with Crippen LogP contribution in [0, 0.1) is 13.8 Å². The van der Waals surface area contributed by atoms with Crippen molar-refractivity contribution in [2.75, 3.05) is 11.9 Å². The van der Waals surface area contributed by atoms with E-state index in [-0.39, 0.29) is 24.4 Å². The van der Waals surface area contributed by atoms with Gasteiger partial charge in [0.15, 0.2) is 0 Å². The predicted molar refractivity (Wildman–Crippen MR) is 88.8 cm³/mol. The molecular formula is C18H26N2O2. The van der Waals surface area contributed by atoms with E-state index >= 15 is 0 Å². The lowest BCUT2D eigenvalue weighted by Crippen LogP contribution is -2.44. The molecule has 0 aliphatic heterocycles. The van der Waals surface area contributed by atoms with E-state index < -0.39 is 0 Å². The van der Waals surface area contributed by atoms with Crippen molar-refractivity contribution in [3.05, 3.63) is 29.3 Å². The van der Waals surface area contributed by atoms with Gasteiger partial charge in [-0.2, -0.15) is 0 Å². The monoisotopic (exact) mass is 302 g/mol. The lowest BCUT2D eigenvalue weighted by Gasteiger charge is -2.33. The van der Waals surface area contributed by atoms with Gasteiger partial charge in [0.25, 0.3) is 0 Å². The molecule has 2 amide bonds. The summed E-state index contributed by atoms with van der Waals surface area (Å²) in [5.74, 6) is -0.127. The minimum atomic E-state index is -0.116. The number of anilines is 1. The van der Waals surface area contributed by atoms with Gasteiger partial charge in [-0.15, -0.1) is 0 Å². The number of hydrogen-bond acceptors (Lipinski definition) is 2. The Hall–Kier alpha value is -1.84. The molecule has 4 heteroatoms. The van der Waals surface area contributed by atoms with Crippen LogP contribution in [0.2, 0.25) is 0 Å². The molecule has 1 aliphatic rings. The molecule has 1 fully saturated rings. The fourth-order valence-corrected chi connectivity index (χ4v) is 3.12. The van der Waals surface area contributed by atoms with E-state index in [0.717, 1.165) is 42.5 Å². The van der Waals surface area contributed by atoms with Crippen LogP contribution in [0.4, 0.5) is 5.69 Å². The topological polar surface area (TPSA) is 49.4 Å². The van der Waals surface area contributed by atoms with Gasteiger partial charge in [0, 0.05) is 18.7 Å². The van der Waals surface area contributed by atoms with Gasteiger partial charge in [0.05, 0.1) is 0 Å². The minimum Gasteiger partial charge on any atom is -0.331 e. The van der Waals surface area contributed by atoms with Crippen molar-refractivity contribution in [1.29, 1.82) is 0 Å². The molecule has 1 aromatic carbocycles. The third-order valence-corrected chi connectivity index (χ3v) is 4.61. The zero-order chi connectivity index (χ0) is 16.1. The molecule has 1 aliphatic carbocycles. The molecule has 1 N–H and O–H groups in total. The van der Waals surface area contributed by atoms with Gasteiger partial charge in [-0.3, -0.25) is 9.59 Å². The maximum absolute atomic E-state index is 12.3. The van der Waals surface area contributed by atoms with Crippen molar-refractivity contribution in [1.82, 2.24) is 4.90 Å². The smallest absolute Gasteiger partial charge is 0.244 e. The predicted octanol–water partition coefficient (Wildman–Crippen LogP) is 3.42. The second kappa shape index (κ2) is 7.43. The number of aryl methyl sites for hydroxylation is 1. The molecule has 0 heterocycles. The molecule has 0 atom stereocenters. The molecule has 0 radical (unpaired) electrons. The number of amides is 2. The first-order chi connectivity index (χ1) is 10.5. The van der Waals surface area contributed by atoms with Crippen molar-refractivity contribution in [3.63, 3.8) is 0 Å². The van der Waals surface area contributed by atoms with Gasteiger partial charge in [-0.25, -0.2) is 0 Å². The van der Waals surface area contributed by atoms with E-state index in [0.29, 0.717) is 0 Å². The highest BCUT2D eigenvalue weighted by Gasteiger charge is 2.25. The van der Waals surface area contributed by atoms with E-state index in [1.807, 2.05) is 32.0 Å². The van der Waals surface area contributed by atoms with Crippen LogP contribution in [0.3, 0.4) is 0 Å². The number of carbonyl (C=O) groups is 2. The first-order valence-corrected chi connectivity index (χ1v) is 8.12. The molecule has 1 aromatic rings. The Balaban J connectivity index is 2.02. The quantitative estimate of drug-likeness (QED) is 0.926. The van der Waals surface area contributed by atoms with Crippen LogP contribution < -0.4 is 5.32 Å². The third kappa shape index (κ3) is 4.09. The maximum Gasteiger partial charge on any atom is 0.244 e. The van der Waals surface area contributed by atoms with E-state index in [4.69, 9.17) is 0 Å². The van der Waals surface area contributed by atoms with Crippen LogP contribution in [-0.4, -0.2) is 29.3 Å². The van der Waals surface area contributed by atoms with Gasteiger partial charge in [-0.05, 0) is 43.9 Å². The van der Waals surface area contributed by atoms with Crippen molar-refractivity contribution >= 4 is 17.5 Å². The van der Waals surface area contributed by atoms with Crippen molar-refractivity contribution in [2.24, 2.45) is 0 Å². The maximum atomic E-state index is 12.3. The number of nitrogens with one attached hydrogen (secondary N) is 1. The summed E-state index contributed by atoms with van der Waals surface area (Å²) < 4.78 is 0. The van der Waals surface area contributed by atoms with Crippen molar-refractivity contribution in [3.8, 4) is 0 Å². The summed E-state index contributed by atoms with van der Waals surface area (Å²) >= 11 is 0. The summed E-state index contributed by atoms with van der Waals surface area (Å²) in [6, 6.07) is 6.07. The largest absolute Gasteiger partial charge is 0.331 e. The Morgan fingerprint density at radius 1 is 1.18 bits per heavy atom. The van der Waals surface area contributed by atoms with Crippen LogP contribution in [0.15, 0.2) is 18.2 Å². The first kappa shape index (κ1) is 16.5. The summed E-state index contributed by atoms with van der Waals surface area (Å²) in [6.45, 7) is 5.72. The highest BCUT2D eigenvalue weighted by molar-refractivity contribution is 5.95. The summed E-state index contributed by atoms with van der Waals surface area (Å²) in [7, 11) is 0. The summed E-state index contributed by atoms with van der Waals surface area (Å²) in [6.07, 6.45) is 5.55. The Morgan fingerprint density at radius 3 is 2.50 bits per heavy atom. The van der Waals surface area contributed by atoms with Crippen molar-refractivity contribution in [2.45, 2.75) is 58.9 Å². The zero-order valence-electron chi connectivity index (χ0n) is 13.8. The molecule has 120 valence electrons. The first-order valence-electron chi connectivity index (χ1n) is 8.12. The fourth-order valence-electron chi connectivity index (χ4n) is 3.12. The zero-order valence-corrected chi connectivity index (χ0v) is 13.8. The Bertz CT molecular complexity index is 548. The fraction of sp³-hybridized carbons (Fsp3) is 0.556. The average molecular weight is 302 g/mol. The molecule has 2 rings (SSSR count). The normalized spacial score (nSPS) is 15.4. The van der Waals surface area contributed by atoms with Gasteiger partial charge in [0.1, 0.15) is 6.54 Å². The van der Waals surface area contributed by atoms with E-state index in [9.17, 15) is 9.59 Å². The number of nitrogens with zero attached hydrogens (tertiary/aromatic N) is 1. The third-order valence-electron chi connectivity index (χ3n) is 4.61. The van der Waals surface area contributed by atoms with Crippen LogP contribution in [0.25, 0.3) is 0 Å². The lowest BCUT2D eigenvalue weighted by atomic mass is 9.94. The second-order valence-corrected chi connectivity index (χ2v) is 6.23. The molecule has 0 spiro atoms. The van der Waals surface area contributed by atoms with Crippen molar-refractivity contribution < 1.29 is 9.59 Å². The van der Waals surface area contributed by atoms with Gasteiger partial charge in [0.2, 0.25) is 11.8 Å². The minimum absolute atomic E-state index is 0.0111. The molecule has 4 nitrogen and oxygen atoms in total. The van der Waals surface area contributed by atoms with Crippen LogP contribution in [0.1, 0.15) is 50.2 Å². The van der Waals surface area contributed by atoms with Gasteiger partial charge >= 0.3 is 0 Å². The molecule has 0 unspecified atom stereocenters. The molecule has 0 aromatic heterocycles. The number of benzene rings is 1. The summed E-state index contributed by atoms with van der Waals surface area (Å²) in [4.78, 5) is 26.0. The highest BCUT2D eigenvalue weighted by Crippen LogP contribution is 2.23. The van der Waals surface area contributed by atoms with E-state index in [1.54, 1.807) is 11.8 Å². The lowest BCUT2D eigenvalue weighted by molar-refractivity contribution is -0.135. The second-order valence-electron chi connectivity index (χ2n) is 6.23. The molecule has 1 saturated carbocycles. The average Bonchev–Trinajstić information content (AvgIpc) is 2.50. The molecule has 0 bridgehead atoms. The SMILES string of the molecule is CC(=O)N(CC(=O)Nc1cccc(C)c1C)C1CCCCC1. The molecular weight excluding hydrogens is 276 g/mol. The van der Waals surface area contributed by atoms with Crippen LogP contribution in [0.5, 0.6) is 0 Å². The van der Waals surface area contributed by atoms with Crippen LogP contribution >= 0.6 is 0 Å². The molecule has 0 saturated heterocycles. The highest BCUT2D eigenvalue weighted by atomic mass is 16.2. The standard InChI is InChI=1S/C18H26N2O2/c1-13-8-7-11-17(14(13)2)19-18(22)12-20(15(3)21)16-9-5-4-6-10-16/h7-8,11,16H,4-6,9-10,12H2,1-3H3,(H,19,22). The van der Waals surface area contributed by atoms with Gasteiger partial charge < -0.3 is 10.2 Å². The Labute approximate surface area is 132 Å². The van der Waals surface area contributed by atoms with Gasteiger partial charge in [-0.1, -0.05) is 31.4 Å². The van der Waals surface area contributed by atoms with Crippen LogP contribution in [-0.2, 0) is 9.59 Å². The number of carbonyl (C=O) groups excluding carboxylic acids is 2. The van der Waals surface area contributed by atoms with E-state index in [2.05, 4.69) is 5.32 Å². The number of hydrogen-bond donors (Lipinski definition) is 1. The number of rotatable bonds is 4. The Morgan fingerprint density at radius 2 is 1.86 bits per heavy atom.